The molecule has 2 atom stereocenters. The lowest BCUT2D eigenvalue weighted by Crippen LogP contribution is -2.46. The molecule has 1 saturated heterocycles. The van der Waals surface area contributed by atoms with Gasteiger partial charge >= 0.3 is 0 Å². The number of amides is 1. The van der Waals surface area contributed by atoms with Crippen LogP contribution in [0.1, 0.15) is 49.9 Å². The van der Waals surface area contributed by atoms with Crippen molar-refractivity contribution in [2.75, 3.05) is 13.2 Å². The molecule has 2 unspecified atom stereocenters. The summed E-state index contributed by atoms with van der Waals surface area (Å²) in [5, 5.41) is 6.47. The molecule has 134 valence electrons. The summed E-state index contributed by atoms with van der Waals surface area (Å²) in [4.78, 5) is 23.3. The molecule has 0 radical (unpaired) electrons. The average molecular weight is 355 g/mol. The maximum atomic E-state index is 11.9. The Hall–Kier alpha value is -1.59. The lowest BCUT2D eigenvalue weighted by Gasteiger charge is -2.28. The van der Waals surface area contributed by atoms with Gasteiger partial charge < -0.3 is 15.4 Å². The number of ether oxygens (including phenoxy) is 1. The second-order valence-electron chi connectivity index (χ2n) is 6.18. The fourth-order valence-corrected chi connectivity index (χ4v) is 2.79. The van der Waals surface area contributed by atoms with Crippen molar-refractivity contribution in [1.29, 1.82) is 0 Å². The number of rotatable bonds is 7. The lowest BCUT2D eigenvalue weighted by atomic mass is 10.0. The fourth-order valence-electron chi connectivity index (χ4n) is 2.79. The van der Waals surface area contributed by atoms with E-state index in [1.54, 1.807) is 18.2 Å². The van der Waals surface area contributed by atoms with Crippen molar-refractivity contribution in [2.24, 2.45) is 0 Å². The van der Waals surface area contributed by atoms with Crippen LogP contribution in [0.4, 0.5) is 0 Å². The first-order valence-corrected chi connectivity index (χ1v) is 8.31. The van der Waals surface area contributed by atoms with E-state index in [1.165, 1.54) is 6.92 Å². The summed E-state index contributed by atoms with van der Waals surface area (Å²) < 4.78 is 5.61. The van der Waals surface area contributed by atoms with Crippen LogP contribution in [0.15, 0.2) is 24.3 Å². The molecule has 2 rings (SSSR count). The number of ketones is 1. The Labute approximate surface area is 149 Å². The molecule has 1 heterocycles. The number of nitrogens with one attached hydrogen (secondary N) is 2. The van der Waals surface area contributed by atoms with Crippen molar-refractivity contribution in [3.8, 4) is 5.75 Å². The Balaban J connectivity index is 0.00000288. The van der Waals surface area contributed by atoms with E-state index in [0.717, 1.165) is 19.4 Å². The average Bonchev–Trinajstić information content (AvgIpc) is 2.52. The topological polar surface area (TPSA) is 67.4 Å². The van der Waals surface area contributed by atoms with E-state index < -0.39 is 0 Å². The van der Waals surface area contributed by atoms with Crippen molar-refractivity contribution >= 4 is 24.1 Å². The van der Waals surface area contributed by atoms with Crippen LogP contribution in [-0.4, -0.2) is 36.9 Å². The Morgan fingerprint density at radius 2 is 2.17 bits per heavy atom. The standard InChI is InChI=1S/C18H26N2O3.ClH/c1-13-11-16(8-9-19-13)20-18(22)7-4-10-23-17-6-3-5-15(12-17)14(2)21;/h3,5-6,12-13,16,19H,4,7-11H2,1-2H3,(H,20,22);1H. The predicted molar refractivity (Wildman–Crippen MR) is 97.1 cm³/mol. The van der Waals surface area contributed by atoms with Gasteiger partial charge in [-0.05, 0) is 51.8 Å². The Bertz CT molecular complexity index is 551. The largest absolute Gasteiger partial charge is 0.494 e. The molecule has 24 heavy (non-hydrogen) atoms. The van der Waals surface area contributed by atoms with Crippen LogP contribution in [-0.2, 0) is 4.79 Å². The number of carbonyl (C=O) groups excluding carboxylic acids is 2. The van der Waals surface area contributed by atoms with Crippen molar-refractivity contribution < 1.29 is 14.3 Å². The van der Waals surface area contributed by atoms with Crippen molar-refractivity contribution in [3.05, 3.63) is 29.8 Å². The minimum atomic E-state index is 0. The third-order valence-electron chi connectivity index (χ3n) is 4.05. The van der Waals surface area contributed by atoms with Crippen molar-refractivity contribution in [1.82, 2.24) is 10.6 Å². The number of Topliss-reactive ketones (excluding diaryl/α,β-unsaturated/α-hetero) is 1. The van der Waals surface area contributed by atoms with E-state index in [1.807, 2.05) is 6.07 Å². The number of carbonyl (C=O) groups is 2. The highest BCUT2D eigenvalue weighted by molar-refractivity contribution is 5.94. The molecule has 1 aromatic carbocycles. The van der Waals surface area contributed by atoms with Crippen molar-refractivity contribution in [2.45, 2.75) is 51.6 Å². The molecule has 0 aromatic heterocycles. The summed E-state index contributed by atoms with van der Waals surface area (Å²) in [7, 11) is 0. The molecular weight excluding hydrogens is 328 g/mol. The zero-order valence-electron chi connectivity index (χ0n) is 14.3. The first-order valence-electron chi connectivity index (χ1n) is 8.31. The number of piperidine rings is 1. The van der Waals surface area contributed by atoms with E-state index in [9.17, 15) is 9.59 Å². The smallest absolute Gasteiger partial charge is 0.220 e. The van der Waals surface area contributed by atoms with Gasteiger partial charge in [-0.25, -0.2) is 0 Å². The van der Waals surface area contributed by atoms with E-state index in [0.29, 0.717) is 36.8 Å². The van der Waals surface area contributed by atoms with Gasteiger partial charge in [0.2, 0.25) is 5.91 Å². The maximum absolute atomic E-state index is 11.9. The van der Waals surface area contributed by atoms with E-state index in [2.05, 4.69) is 17.6 Å². The van der Waals surface area contributed by atoms with Gasteiger partial charge in [0.25, 0.3) is 0 Å². The quantitative estimate of drug-likeness (QED) is 0.583. The molecule has 0 aliphatic carbocycles. The molecule has 1 aliphatic heterocycles. The Morgan fingerprint density at radius 3 is 2.88 bits per heavy atom. The van der Waals surface area contributed by atoms with E-state index in [4.69, 9.17) is 4.74 Å². The van der Waals surface area contributed by atoms with Crippen LogP contribution >= 0.6 is 12.4 Å². The molecule has 2 N–H and O–H groups in total. The predicted octanol–water partition coefficient (Wildman–Crippen LogP) is 2.73. The van der Waals surface area contributed by atoms with Crippen LogP contribution in [0, 0.1) is 0 Å². The number of hydrogen-bond donors (Lipinski definition) is 2. The molecule has 1 aliphatic rings. The van der Waals surface area contributed by atoms with E-state index in [-0.39, 0.29) is 30.1 Å². The van der Waals surface area contributed by atoms with Gasteiger partial charge in [-0.1, -0.05) is 12.1 Å². The summed E-state index contributed by atoms with van der Waals surface area (Å²) >= 11 is 0. The third kappa shape index (κ3) is 6.89. The summed E-state index contributed by atoms with van der Waals surface area (Å²) in [5.41, 5.74) is 0.639. The molecule has 6 heteroatoms. The molecule has 1 aromatic rings. The molecule has 0 bridgehead atoms. The minimum Gasteiger partial charge on any atom is -0.494 e. The molecular formula is C18H27ClN2O3. The van der Waals surface area contributed by atoms with Gasteiger partial charge in [0, 0.05) is 24.1 Å². The minimum absolute atomic E-state index is 0. The summed E-state index contributed by atoms with van der Waals surface area (Å²) in [6, 6.07) is 7.87. The second-order valence-corrected chi connectivity index (χ2v) is 6.18. The Morgan fingerprint density at radius 1 is 1.38 bits per heavy atom. The Kier molecular flexibility index (Phi) is 8.79. The van der Waals surface area contributed by atoms with Crippen LogP contribution in [0.3, 0.4) is 0 Å². The molecule has 0 spiro atoms. The zero-order chi connectivity index (χ0) is 16.7. The first kappa shape index (κ1) is 20.5. The zero-order valence-corrected chi connectivity index (χ0v) is 15.2. The van der Waals surface area contributed by atoms with Crippen LogP contribution in [0.2, 0.25) is 0 Å². The molecule has 1 amide bonds. The summed E-state index contributed by atoms with van der Waals surface area (Å²) in [6.07, 6.45) is 3.10. The lowest BCUT2D eigenvalue weighted by molar-refractivity contribution is -0.122. The molecule has 5 nitrogen and oxygen atoms in total. The fraction of sp³-hybridized carbons (Fsp3) is 0.556. The second kappa shape index (κ2) is 10.3. The van der Waals surface area contributed by atoms with E-state index >= 15 is 0 Å². The van der Waals surface area contributed by atoms with Crippen LogP contribution < -0.4 is 15.4 Å². The maximum Gasteiger partial charge on any atom is 0.220 e. The summed E-state index contributed by atoms with van der Waals surface area (Å²) in [5.74, 6) is 0.779. The highest BCUT2D eigenvalue weighted by Gasteiger charge is 2.19. The third-order valence-corrected chi connectivity index (χ3v) is 4.05. The highest BCUT2D eigenvalue weighted by atomic mass is 35.5. The van der Waals surface area contributed by atoms with Gasteiger partial charge in [0.05, 0.1) is 6.61 Å². The number of halogens is 1. The molecule has 0 saturated carbocycles. The number of hydrogen-bond acceptors (Lipinski definition) is 4. The SMILES string of the molecule is CC(=O)c1cccc(OCCCC(=O)NC2CCNC(C)C2)c1.Cl. The van der Waals surface area contributed by atoms with Gasteiger partial charge in [-0.3, -0.25) is 9.59 Å². The molecule has 1 fully saturated rings. The van der Waals surface area contributed by atoms with Gasteiger partial charge in [-0.15, -0.1) is 12.4 Å². The monoisotopic (exact) mass is 354 g/mol. The van der Waals surface area contributed by atoms with Gasteiger partial charge in [0.15, 0.2) is 5.78 Å². The van der Waals surface area contributed by atoms with Gasteiger partial charge in [-0.2, -0.15) is 0 Å². The normalized spacial score (nSPS) is 19.9. The van der Waals surface area contributed by atoms with Crippen LogP contribution in [0.5, 0.6) is 5.75 Å². The highest BCUT2D eigenvalue weighted by Crippen LogP contribution is 2.14. The number of benzene rings is 1. The first-order chi connectivity index (χ1) is 11.0. The van der Waals surface area contributed by atoms with Crippen molar-refractivity contribution in [3.63, 3.8) is 0 Å². The summed E-state index contributed by atoms with van der Waals surface area (Å²) in [6.45, 7) is 5.10. The van der Waals surface area contributed by atoms with Gasteiger partial charge in [0.1, 0.15) is 5.75 Å². The van der Waals surface area contributed by atoms with Crippen LogP contribution in [0.25, 0.3) is 0 Å².